The molecule has 0 amide bonds. The third-order valence-electron chi connectivity index (χ3n) is 4.62. The van der Waals surface area contributed by atoms with E-state index in [1.54, 1.807) is 0 Å². The Kier molecular flexibility index (Phi) is 6.07. The molecule has 0 nitrogen and oxygen atoms in total. The molecule has 24 heavy (non-hydrogen) atoms. The van der Waals surface area contributed by atoms with Crippen molar-refractivity contribution in [3.63, 3.8) is 0 Å². The predicted molar refractivity (Wildman–Crippen MR) is 107 cm³/mol. The molecule has 3 aromatic rings. The van der Waals surface area contributed by atoms with Crippen LogP contribution in [0.25, 0.3) is 0 Å². The summed E-state index contributed by atoms with van der Waals surface area (Å²) in [5, 5.41) is 0. The molecule has 0 bridgehead atoms. The highest BCUT2D eigenvalue weighted by atomic mass is 35.7. The van der Waals surface area contributed by atoms with Gasteiger partial charge in [0, 0.05) is 5.41 Å². The van der Waals surface area contributed by atoms with E-state index in [2.05, 4.69) is 91.0 Å². The molecule has 0 heterocycles. The smallest absolute Gasteiger partial charge is 0.0451 e. The number of benzene rings is 3. The highest BCUT2D eigenvalue weighted by Crippen LogP contribution is 2.43. The first-order valence-corrected chi connectivity index (χ1v) is 10.6. The van der Waals surface area contributed by atoms with Crippen LogP contribution in [-0.2, 0) is 5.41 Å². The highest BCUT2D eigenvalue weighted by molar-refractivity contribution is 7.68. The van der Waals surface area contributed by atoms with E-state index in [0.717, 1.165) is 19.0 Å². The molecule has 0 spiro atoms. The van der Waals surface area contributed by atoms with E-state index in [-0.39, 0.29) is 5.41 Å². The molecule has 0 fully saturated rings. The van der Waals surface area contributed by atoms with E-state index in [1.165, 1.54) is 16.7 Å². The molecule has 0 N–H and O–H groups in total. The minimum absolute atomic E-state index is 0.125. The number of halogens is 1. The van der Waals surface area contributed by atoms with Crippen molar-refractivity contribution in [3.05, 3.63) is 108 Å². The van der Waals surface area contributed by atoms with E-state index in [9.17, 15) is 0 Å². The van der Waals surface area contributed by atoms with Gasteiger partial charge in [0.15, 0.2) is 0 Å². The Hall–Kier alpha value is -1.62. The van der Waals surface area contributed by atoms with Gasteiger partial charge >= 0.3 is 0 Å². The second-order valence-electron chi connectivity index (χ2n) is 5.99. The molecule has 0 saturated heterocycles. The molecule has 1 atom stereocenters. The number of hydrogen-bond donors (Lipinski definition) is 0. The first-order valence-electron chi connectivity index (χ1n) is 8.38. The van der Waals surface area contributed by atoms with Crippen LogP contribution in [0.2, 0.25) is 0 Å². The molecule has 0 aliphatic rings. The fourth-order valence-electron chi connectivity index (χ4n) is 3.52. The topological polar surface area (TPSA) is 0 Å². The monoisotopic (exact) mass is 352 g/mol. The molecule has 122 valence electrons. The molecule has 0 aliphatic carbocycles. The van der Waals surface area contributed by atoms with Crippen molar-refractivity contribution >= 4 is 19.2 Å². The Morgan fingerprint density at radius 3 is 1.33 bits per heavy atom. The Bertz CT molecular complexity index is 629. The molecule has 3 aromatic carbocycles. The zero-order valence-corrected chi connectivity index (χ0v) is 15.4. The lowest BCUT2D eigenvalue weighted by Gasteiger charge is -2.36. The van der Waals surface area contributed by atoms with Crippen LogP contribution in [0, 0.1) is 0 Å². The fourth-order valence-corrected chi connectivity index (χ4v) is 4.23. The van der Waals surface area contributed by atoms with Gasteiger partial charge in [-0.1, -0.05) is 91.0 Å². The summed E-state index contributed by atoms with van der Waals surface area (Å²) < 4.78 is 0. The zero-order valence-electron chi connectivity index (χ0n) is 13.7. The van der Waals surface area contributed by atoms with Crippen molar-refractivity contribution in [2.75, 3.05) is 6.16 Å². The summed E-state index contributed by atoms with van der Waals surface area (Å²) in [5.74, 6) is 0. The molecule has 0 aromatic heterocycles. The van der Waals surface area contributed by atoms with Gasteiger partial charge < -0.3 is 0 Å². The van der Waals surface area contributed by atoms with Crippen molar-refractivity contribution < 1.29 is 0 Å². The van der Waals surface area contributed by atoms with Crippen molar-refractivity contribution in [1.29, 1.82) is 0 Å². The van der Waals surface area contributed by atoms with Crippen molar-refractivity contribution in [1.82, 2.24) is 0 Å². The third kappa shape index (κ3) is 3.56. The summed E-state index contributed by atoms with van der Waals surface area (Å²) in [5.41, 5.74) is 3.92. The summed E-state index contributed by atoms with van der Waals surface area (Å²) in [6.07, 6.45) is 3.24. The van der Waals surface area contributed by atoms with Crippen LogP contribution in [0.1, 0.15) is 29.5 Å². The Morgan fingerprint density at radius 1 is 0.625 bits per heavy atom. The van der Waals surface area contributed by atoms with Crippen molar-refractivity contribution in [3.8, 4) is 0 Å². The predicted octanol–water partition coefficient (Wildman–Crippen LogP) is 6.63. The first-order chi connectivity index (χ1) is 11.9. The average Bonchev–Trinajstić information content (AvgIpc) is 2.68. The Labute approximate surface area is 151 Å². The quantitative estimate of drug-likeness (QED) is 0.254. The molecule has 0 saturated carbocycles. The van der Waals surface area contributed by atoms with Gasteiger partial charge in [-0.2, -0.15) is 0 Å². The first kappa shape index (κ1) is 17.2. The normalized spacial score (nSPS) is 11.9. The summed E-state index contributed by atoms with van der Waals surface area (Å²) in [4.78, 5) is 0. The molecule has 0 radical (unpaired) electrons. The Balaban J connectivity index is 2.20. The second kappa shape index (κ2) is 8.47. The van der Waals surface area contributed by atoms with Crippen molar-refractivity contribution in [2.24, 2.45) is 0 Å². The van der Waals surface area contributed by atoms with Gasteiger partial charge in [0.05, 0.1) is 0 Å². The van der Waals surface area contributed by atoms with Gasteiger partial charge in [-0.25, -0.2) is 0 Å². The van der Waals surface area contributed by atoms with Crippen LogP contribution in [0.3, 0.4) is 0 Å². The summed E-state index contributed by atoms with van der Waals surface area (Å²) >= 11 is 6.00. The van der Waals surface area contributed by atoms with Crippen LogP contribution in [-0.4, -0.2) is 6.16 Å². The molecule has 3 rings (SSSR count). The molecule has 0 aliphatic heterocycles. The van der Waals surface area contributed by atoms with Crippen LogP contribution in [0.15, 0.2) is 91.0 Å². The van der Waals surface area contributed by atoms with E-state index in [0.29, 0.717) is 7.93 Å². The van der Waals surface area contributed by atoms with E-state index >= 15 is 0 Å². The SMILES string of the molecule is ClPCCCC(c1ccccc1)(c1ccccc1)c1ccccc1. The number of hydrogen-bond acceptors (Lipinski definition) is 0. The van der Waals surface area contributed by atoms with Gasteiger partial charge in [0.25, 0.3) is 0 Å². The van der Waals surface area contributed by atoms with E-state index < -0.39 is 0 Å². The molecular weight excluding hydrogens is 331 g/mol. The maximum atomic E-state index is 6.00. The maximum absolute atomic E-state index is 6.00. The second-order valence-corrected chi connectivity index (χ2v) is 7.56. The summed E-state index contributed by atoms with van der Waals surface area (Å²) in [7, 11) is 0.489. The van der Waals surface area contributed by atoms with Crippen molar-refractivity contribution in [2.45, 2.75) is 18.3 Å². The number of rotatable bonds is 7. The van der Waals surface area contributed by atoms with Crippen LogP contribution < -0.4 is 0 Å². The standard InChI is InChI=1S/C22H22ClP/c23-24-18-10-17-22(19-11-4-1-5-12-19,20-13-6-2-7-14-20)21-15-8-3-9-16-21/h1-9,11-16,24H,10,17-18H2. The molecule has 2 heteroatoms. The molecular formula is C22H22ClP. The highest BCUT2D eigenvalue weighted by Gasteiger charge is 2.35. The summed E-state index contributed by atoms with van der Waals surface area (Å²) in [6, 6.07) is 32.6. The fraction of sp³-hybridized carbons (Fsp3) is 0.182. The van der Waals surface area contributed by atoms with Gasteiger partial charge in [-0.05, 0) is 43.6 Å². The van der Waals surface area contributed by atoms with Crippen LogP contribution in [0.4, 0.5) is 0 Å². The summed E-state index contributed by atoms with van der Waals surface area (Å²) in [6.45, 7) is 0. The zero-order chi connectivity index (χ0) is 16.7. The minimum Gasteiger partial charge on any atom is -0.100 e. The third-order valence-corrected chi connectivity index (χ3v) is 5.73. The van der Waals surface area contributed by atoms with Crippen LogP contribution >= 0.6 is 19.2 Å². The Morgan fingerprint density at radius 2 is 1.00 bits per heavy atom. The maximum Gasteiger partial charge on any atom is 0.0451 e. The van der Waals surface area contributed by atoms with Gasteiger partial charge in [-0.3, -0.25) is 0 Å². The van der Waals surface area contributed by atoms with E-state index in [4.69, 9.17) is 11.2 Å². The molecule has 1 unspecified atom stereocenters. The minimum atomic E-state index is -0.125. The lowest BCUT2D eigenvalue weighted by molar-refractivity contribution is 0.552. The largest absolute Gasteiger partial charge is 0.100 e. The van der Waals surface area contributed by atoms with Gasteiger partial charge in [-0.15, -0.1) is 11.2 Å². The van der Waals surface area contributed by atoms with Gasteiger partial charge in [0.2, 0.25) is 0 Å². The average molecular weight is 353 g/mol. The lowest BCUT2D eigenvalue weighted by Crippen LogP contribution is -2.29. The van der Waals surface area contributed by atoms with E-state index in [1.807, 2.05) is 0 Å². The van der Waals surface area contributed by atoms with Crippen LogP contribution in [0.5, 0.6) is 0 Å². The van der Waals surface area contributed by atoms with Gasteiger partial charge in [0.1, 0.15) is 0 Å². The lowest BCUT2D eigenvalue weighted by atomic mass is 9.67.